The maximum atomic E-state index is 12.7. The fourth-order valence-electron chi connectivity index (χ4n) is 3.87. The molecule has 5 nitrogen and oxygen atoms in total. The van der Waals surface area contributed by atoms with E-state index >= 15 is 0 Å². The number of nitrogens with one attached hydrogen (secondary N) is 2. The Morgan fingerprint density at radius 1 is 1.07 bits per heavy atom. The van der Waals surface area contributed by atoms with Crippen LogP contribution in [0.3, 0.4) is 0 Å². The van der Waals surface area contributed by atoms with Gasteiger partial charge in [-0.1, -0.05) is 30.3 Å². The van der Waals surface area contributed by atoms with Crippen LogP contribution in [-0.2, 0) is 6.42 Å². The summed E-state index contributed by atoms with van der Waals surface area (Å²) in [6.07, 6.45) is 4.78. The molecule has 0 saturated heterocycles. The highest BCUT2D eigenvalue weighted by molar-refractivity contribution is 6.03. The quantitative estimate of drug-likeness (QED) is 0.666. The summed E-state index contributed by atoms with van der Waals surface area (Å²) in [5, 5.41) is 5.88. The molecule has 4 rings (SSSR count). The van der Waals surface area contributed by atoms with Crippen molar-refractivity contribution in [2.45, 2.75) is 32.1 Å². The molecule has 0 bridgehead atoms. The minimum atomic E-state index is -0.338. The summed E-state index contributed by atoms with van der Waals surface area (Å²) >= 11 is 0. The fraction of sp³-hybridized carbons (Fsp3) is 0.250. The lowest BCUT2D eigenvalue weighted by molar-refractivity contribution is 0.0948. The van der Waals surface area contributed by atoms with Crippen molar-refractivity contribution in [1.82, 2.24) is 5.32 Å². The van der Waals surface area contributed by atoms with Crippen LogP contribution in [0.5, 0.6) is 0 Å². The fourth-order valence-corrected chi connectivity index (χ4v) is 3.87. The molecule has 1 unspecified atom stereocenters. The highest BCUT2D eigenvalue weighted by Gasteiger charge is 2.21. The number of anilines is 1. The van der Waals surface area contributed by atoms with Crippen LogP contribution in [-0.4, -0.2) is 18.4 Å². The first kappa shape index (κ1) is 19.0. The minimum absolute atomic E-state index is 0.137. The molecule has 1 aliphatic carbocycles. The Balaban J connectivity index is 1.43. The van der Waals surface area contributed by atoms with E-state index in [1.165, 1.54) is 17.4 Å². The Hall–Kier alpha value is -3.34. The number of furan rings is 1. The Labute approximate surface area is 170 Å². The molecule has 0 saturated carbocycles. The van der Waals surface area contributed by atoms with Crippen LogP contribution in [0.15, 0.2) is 65.3 Å². The van der Waals surface area contributed by atoms with E-state index in [0.29, 0.717) is 23.7 Å². The van der Waals surface area contributed by atoms with Gasteiger partial charge in [0.2, 0.25) is 0 Å². The number of fused-ring (bicyclic) bond motifs is 1. The number of hydrogen-bond donors (Lipinski definition) is 2. The summed E-state index contributed by atoms with van der Waals surface area (Å²) in [4.78, 5) is 25.0. The second-order valence-electron chi connectivity index (χ2n) is 7.46. The third-order valence-electron chi connectivity index (χ3n) is 5.50. The third-order valence-corrected chi connectivity index (χ3v) is 5.50. The lowest BCUT2D eigenvalue weighted by Crippen LogP contribution is -2.30. The van der Waals surface area contributed by atoms with Gasteiger partial charge in [0.15, 0.2) is 5.76 Å². The van der Waals surface area contributed by atoms with Crippen LogP contribution >= 0.6 is 0 Å². The number of aryl methyl sites for hydroxylation is 2. The predicted molar refractivity (Wildman–Crippen MR) is 112 cm³/mol. The number of carbonyl (C=O) groups is 2. The van der Waals surface area contributed by atoms with Crippen LogP contribution in [0.4, 0.5) is 5.69 Å². The third kappa shape index (κ3) is 4.24. The molecule has 3 aromatic rings. The summed E-state index contributed by atoms with van der Waals surface area (Å²) in [7, 11) is 0. The van der Waals surface area contributed by atoms with E-state index in [1.54, 1.807) is 24.3 Å². The lowest BCUT2D eigenvalue weighted by atomic mass is 9.83. The van der Waals surface area contributed by atoms with Gasteiger partial charge in [0.05, 0.1) is 6.26 Å². The van der Waals surface area contributed by atoms with Crippen molar-refractivity contribution in [2.24, 2.45) is 0 Å². The van der Waals surface area contributed by atoms with Gasteiger partial charge in [-0.15, -0.1) is 0 Å². The van der Waals surface area contributed by atoms with Gasteiger partial charge in [0.25, 0.3) is 11.8 Å². The zero-order chi connectivity index (χ0) is 20.2. The van der Waals surface area contributed by atoms with E-state index in [4.69, 9.17) is 4.42 Å². The molecule has 1 heterocycles. The first-order chi connectivity index (χ1) is 14.1. The number of benzene rings is 2. The number of carbonyl (C=O) groups excluding carboxylic acids is 2. The van der Waals surface area contributed by atoms with Crippen molar-refractivity contribution in [3.63, 3.8) is 0 Å². The van der Waals surface area contributed by atoms with Crippen LogP contribution < -0.4 is 10.6 Å². The monoisotopic (exact) mass is 388 g/mol. The van der Waals surface area contributed by atoms with Crippen molar-refractivity contribution in [3.8, 4) is 0 Å². The topological polar surface area (TPSA) is 71.3 Å². The Kier molecular flexibility index (Phi) is 5.47. The number of hydrogen-bond acceptors (Lipinski definition) is 3. The largest absolute Gasteiger partial charge is 0.459 e. The van der Waals surface area contributed by atoms with Crippen molar-refractivity contribution >= 4 is 17.5 Å². The van der Waals surface area contributed by atoms with Crippen molar-refractivity contribution in [2.75, 3.05) is 11.9 Å². The van der Waals surface area contributed by atoms with Gasteiger partial charge in [0, 0.05) is 23.7 Å². The summed E-state index contributed by atoms with van der Waals surface area (Å²) in [6.45, 7) is 2.50. The molecule has 1 aliphatic rings. The van der Waals surface area contributed by atoms with Gasteiger partial charge in [-0.3, -0.25) is 9.59 Å². The van der Waals surface area contributed by atoms with Gasteiger partial charge in [-0.2, -0.15) is 0 Å². The zero-order valence-corrected chi connectivity index (χ0v) is 16.4. The summed E-state index contributed by atoms with van der Waals surface area (Å²) < 4.78 is 5.13. The Morgan fingerprint density at radius 3 is 2.76 bits per heavy atom. The molecule has 1 aromatic heterocycles. The van der Waals surface area contributed by atoms with E-state index in [2.05, 4.69) is 34.9 Å². The highest BCUT2D eigenvalue weighted by Crippen LogP contribution is 2.31. The normalized spacial score (nSPS) is 15.4. The maximum absolute atomic E-state index is 12.7. The Bertz CT molecular complexity index is 1020. The SMILES string of the molecule is Cc1ccc(C(=O)NCC2CCCc3ccccc32)cc1NC(=O)c1ccco1. The average molecular weight is 388 g/mol. The molecule has 148 valence electrons. The van der Waals surface area contributed by atoms with Gasteiger partial charge >= 0.3 is 0 Å². The molecule has 5 heteroatoms. The first-order valence-corrected chi connectivity index (χ1v) is 9.93. The maximum Gasteiger partial charge on any atom is 0.291 e. The van der Waals surface area contributed by atoms with E-state index in [9.17, 15) is 9.59 Å². The van der Waals surface area contributed by atoms with E-state index < -0.39 is 0 Å². The molecule has 29 heavy (non-hydrogen) atoms. The molecule has 0 spiro atoms. The van der Waals surface area contributed by atoms with Crippen LogP contribution in [0.25, 0.3) is 0 Å². The molecule has 2 N–H and O–H groups in total. The first-order valence-electron chi connectivity index (χ1n) is 9.93. The van der Waals surface area contributed by atoms with Gasteiger partial charge in [-0.05, 0) is 67.1 Å². The molecular weight excluding hydrogens is 364 g/mol. The van der Waals surface area contributed by atoms with E-state index in [1.807, 2.05) is 13.0 Å². The van der Waals surface area contributed by atoms with Gasteiger partial charge in [0.1, 0.15) is 0 Å². The summed E-state index contributed by atoms with van der Waals surface area (Å²) in [5.41, 5.74) is 4.73. The van der Waals surface area contributed by atoms with E-state index in [0.717, 1.165) is 24.8 Å². The van der Waals surface area contributed by atoms with Gasteiger partial charge < -0.3 is 15.1 Å². The summed E-state index contributed by atoms with van der Waals surface area (Å²) in [6, 6.07) is 17.1. The molecular formula is C24H24N2O3. The van der Waals surface area contributed by atoms with Crippen LogP contribution in [0.1, 0.15) is 56.4 Å². The molecule has 2 amide bonds. The zero-order valence-electron chi connectivity index (χ0n) is 16.4. The lowest BCUT2D eigenvalue weighted by Gasteiger charge is -2.25. The Morgan fingerprint density at radius 2 is 1.93 bits per heavy atom. The molecule has 1 atom stereocenters. The standard InChI is InChI=1S/C24H24N2O3/c1-16-11-12-18(14-21(16)26-24(28)22-10-5-13-29-22)23(27)25-15-19-8-4-7-17-6-2-3-9-20(17)19/h2-3,5-6,9-14,19H,4,7-8,15H2,1H3,(H,25,27)(H,26,28). The van der Waals surface area contributed by atoms with Gasteiger partial charge in [-0.25, -0.2) is 0 Å². The van der Waals surface area contributed by atoms with Crippen LogP contribution in [0.2, 0.25) is 0 Å². The average Bonchev–Trinajstić information content (AvgIpc) is 3.28. The number of rotatable bonds is 5. The smallest absolute Gasteiger partial charge is 0.291 e. The minimum Gasteiger partial charge on any atom is -0.459 e. The van der Waals surface area contributed by atoms with Crippen molar-refractivity contribution < 1.29 is 14.0 Å². The molecule has 0 radical (unpaired) electrons. The number of amides is 2. The summed E-state index contributed by atoms with van der Waals surface area (Å²) in [5.74, 6) is 0.0960. The molecule has 0 fully saturated rings. The second-order valence-corrected chi connectivity index (χ2v) is 7.46. The molecule has 0 aliphatic heterocycles. The van der Waals surface area contributed by atoms with Crippen molar-refractivity contribution in [3.05, 3.63) is 88.9 Å². The predicted octanol–water partition coefficient (Wildman–Crippen LogP) is 4.69. The highest BCUT2D eigenvalue weighted by atomic mass is 16.3. The second kappa shape index (κ2) is 8.35. The van der Waals surface area contributed by atoms with Crippen molar-refractivity contribution in [1.29, 1.82) is 0 Å². The molecule has 2 aromatic carbocycles. The van der Waals surface area contributed by atoms with Crippen LogP contribution in [0, 0.1) is 6.92 Å². The van der Waals surface area contributed by atoms with E-state index in [-0.39, 0.29) is 17.6 Å².